The van der Waals surface area contributed by atoms with E-state index in [1.165, 1.54) is 13.0 Å². The first-order valence-electron chi connectivity index (χ1n) is 17.9. The van der Waals surface area contributed by atoms with Crippen LogP contribution in [-0.4, -0.2) is 88.7 Å². The zero-order valence-corrected chi connectivity index (χ0v) is 35.2. The Labute approximate surface area is 347 Å². The van der Waals surface area contributed by atoms with E-state index in [1.54, 1.807) is 76.3 Å². The molecule has 2 unspecified atom stereocenters. The van der Waals surface area contributed by atoms with Gasteiger partial charge in [-0.05, 0) is 68.3 Å². The summed E-state index contributed by atoms with van der Waals surface area (Å²) in [4.78, 5) is 105. The van der Waals surface area contributed by atoms with Crippen LogP contribution in [-0.2, 0) is 43.1 Å². The van der Waals surface area contributed by atoms with E-state index in [-0.39, 0.29) is 5.75 Å². The lowest BCUT2D eigenvalue weighted by Gasteiger charge is -2.31. The minimum atomic E-state index is -1.65. The molecule has 17 nitrogen and oxygen atoms in total. The Bertz CT molecular complexity index is 1790. The first-order valence-corrected chi connectivity index (χ1v) is 19.5. The van der Waals surface area contributed by atoms with Crippen LogP contribution in [0.25, 0.3) is 6.08 Å². The highest BCUT2D eigenvalue weighted by Gasteiger charge is 2.39. The summed E-state index contributed by atoms with van der Waals surface area (Å²) in [5.74, 6) is -8.79. The summed E-state index contributed by atoms with van der Waals surface area (Å²) in [5.41, 5.74) is 11.5. The Morgan fingerprint density at radius 1 is 0.789 bits per heavy atom. The zero-order chi connectivity index (χ0) is 43.0. The largest absolute Gasteiger partial charge is 0.506 e. The summed E-state index contributed by atoms with van der Waals surface area (Å²) >= 11 is 6.55. The van der Waals surface area contributed by atoms with Crippen molar-refractivity contribution in [2.24, 2.45) is 23.3 Å². The number of aromatic hydroxyl groups is 1. The van der Waals surface area contributed by atoms with Crippen LogP contribution in [0.2, 0.25) is 0 Å². The number of hydrogen-bond donors (Lipinski definition) is 8. The number of halogens is 2. The molecule has 310 valence electrons. The summed E-state index contributed by atoms with van der Waals surface area (Å²) in [7, 11) is 0. The number of ether oxygens (including phenoxy) is 1. The van der Waals surface area contributed by atoms with Gasteiger partial charge in [-0.2, -0.15) is 0 Å². The van der Waals surface area contributed by atoms with E-state index in [0.29, 0.717) is 15.4 Å². The number of amides is 7. The number of allylic oxidation sites excluding steroid dienone is 6. The quantitative estimate of drug-likeness (QED) is 0.0801. The van der Waals surface area contributed by atoms with Gasteiger partial charge in [0.1, 0.15) is 42.1 Å². The zero-order valence-electron chi connectivity index (χ0n) is 32.0. The summed E-state index contributed by atoms with van der Waals surface area (Å²) in [6, 6.07) is -4.10. The van der Waals surface area contributed by atoms with Crippen molar-refractivity contribution in [2.75, 3.05) is 0 Å². The number of carbonyl (C=O) groups is 8. The van der Waals surface area contributed by atoms with E-state index in [2.05, 4.69) is 58.4 Å². The molecule has 1 aromatic carbocycles. The second-order valence-electron chi connectivity index (χ2n) is 13.5. The Kier molecular flexibility index (Phi) is 19.4. The normalized spacial score (nSPS) is 23.6. The van der Waals surface area contributed by atoms with Crippen molar-refractivity contribution in [3.63, 3.8) is 0 Å². The molecule has 10 N–H and O–H groups in total. The Morgan fingerprint density at radius 2 is 1.28 bits per heavy atom. The van der Waals surface area contributed by atoms with Crippen molar-refractivity contribution in [1.29, 1.82) is 0 Å². The van der Waals surface area contributed by atoms with Gasteiger partial charge in [0.05, 0.1) is 21.8 Å². The molecule has 57 heavy (non-hydrogen) atoms. The maximum atomic E-state index is 13.8. The molecule has 1 heterocycles. The summed E-state index contributed by atoms with van der Waals surface area (Å²) in [6.07, 6.45) is 10.2. The van der Waals surface area contributed by atoms with Crippen LogP contribution in [0, 0.1) is 11.8 Å². The standard InChI is InChI=1S/C38H49Br2N7O10/c1-6-20(4)31-38(56)57-21(5)32(45-29(50)14-12-10-8-7-9-11-13-22-15-23(39)33(51)24(40)16-22)37(55)46-30(19(2)3)36(54)44-25(17-27(41)48)34(52)43-26(18-28(42)49)35(53)47-31/h7-16,19-21,25-26,30-32,51H,6,17-18H2,1-5H3,(H2,41,48)(H2,42,49)(H,43,52)(H,44,54)(H,45,50)(H,46,55)(H,47,53)/b9-7+,10-8+,13-11+,14-12+/t20-,21?,25?,26-,30-,31+,32-/m0/s1. The van der Waals surface area contributed by atoms with Gasteiger partial charge in [-0.25, -0.2) is 4.79 Å². The van der Waals surface area contributed by atoms with Crippen molar-refractivity contribution < 1.29 is 48.2 Å². The Hall–Kier alpha value is -5.30. The molecule has 1 aromatic rings. The van der Waals surface area contributed by atoms with E-state index in [0.717, 1.165) is 11.6 Å². The van der Waals surface area contributed by atoms with Crippen molar-refractivity contribution in [3.05, 3.63) is 69.2 Å². The number of carbonyl (C=O) groups excluding carboxylic acids is 8. The topological polar surface area (TPSA) is 278 Å². The maximum absolute atomic E-state index is 13.8. The van der Waals surface area contributed by atoms with Crippen molar-refractivity contribution >= 4 is 85.3 Å². The fourth-order valence-corrected chi connectivity index (χ4v) is 6.45. The highest BCUT2D eigenvalue weighted by Crippen LogP contribution is 2.33. The fourth-order valence-electron chi connectivity index (χ4n) is 5.23. The average molecular weight is 924 g/mol. The van der Waals surface area contributed by atoms with Crippen molar-refractivity contribution in [2.45, 2.75) is 90.2 Å². The third-order valence-electron chi connectivity index (χ3n) is 8.57. The number of phenols is 1. The number of nitrogens with one attached hydrogen (secondary N) is 5. The monoisotopic (exact) mass is 921 g/mol. The first-order chi connectivity index (χ1) is 26.7. The van der Waals surface area contributed by atoms with E-state index in [9.17, 15) is 43.5 Å². The van der Waals surface area contributed by atoms with Crippen LogP contribution in [0.5, 0.6) is 5.75 Å². The van der Waals surface area contributed by atoms with Gasteiger partial charge >= 0.3 is 5.97 Å². The summed E-state index contributed by atoms with van der Waals surface area (Å²) in [6.45, 7) is 7.86. The predicted molar refractivity (Wildman–Crippen MR) is 217 cm³/mol. The number of cyclic esters (lactones) is 1. The lowest BCUT2D eigenvalue weighted by atomic mass is 9.98. The van der Waals surface area contributed by atoms with Crippen LogP contribution in [0.1, 0.15) is 59.4 Å². The molecule has 0 saturated carbocycles. The highest BCUT2D eigenvalue weighted by atomic mass is 79.9. The van der Waals surface area contributed by atoms with Crippen LogP contribution < -0.4 is 38.1 Å². The molecular formula is C38H49Br2N7O10. The van der Waals surface area contributed by atoms with Crippen molar-refractivity contribution in [3.8, 4) is 5.75 Å². The van der Waals surface area contributed by atoms with E-state index >= 15 is 0 Å². The summed E-state index contributed by atoms with van der Waals surface area (Å²) in [5, 5.41) is 22.0. The number of nitrogens with two attached hydrogens (primary N) is 2. The molecule has 2 rings (SSSR count). The molecule has 7 amide bonds. The molecule has 1 fully saturated rings. The first kappa shape index (κ1) is 47.9. The third kappa shape index (κ3) is 15.6. The van der Waals surface area contributed by atoms with E-state index in [4.69, 9.17) is 16.2 Å². The fraction of sp³-hybridized carbons (Fsp3) is 0.421. The minimum Gasteiger partial charge on any atom is -0.506 e. The minimum absolute atomic E-state index is 0.0864. The van der Waals surface area contributed by atoms with Gasteiger partial charge in [-0.15, -0.1) is 0 Å². The summed E-state index contributed by atoms with van der Waals surface area (Å²) < 4.78 is 6.69. The Balaban J connectivity index is 2.43. The molecule has 1 aliphatic rings. The number of phenolic OH excluding ortho intramolecular Hbond substituents is 1. The maximum Gasteiger partial charge on any atom is 0.329 e. The van der Waals surface area contributed by atoms with E-state index in [1.807, 2.05) is 0 Å². The van der Waals surface area contributed by atoms with Gasteiger partial charge in [-0.1, -0.05) is 76.6 Å². The van der Waals surface area contributed by atoms with Crippen LogP contribution in [0.15, 0.2) is 63.6 Å². The second-order valence-corrected chi connectivity index (χ2v) is 15.2. The van der Waals surface area contributed by atoms with Crippen molar-refractivity contribution in [1.82, 2.24) is 26.6 Å². The number of esters is 1. The Morgan fingerprint density at radius 3 is 1.81 bits per heavy atom. The predicted octanol–water partition coefficient (Wildman–Crippen LogP) is 1.42. The van der Waals surface area contributed by atoms with Gasteiger partial charge in [0.2, 0.25) is 41.4 Å². The molecule has 0 bridgehead atoms. The molecule has 0 spiro atoms. The number of rotatable bonds is 13. The van der Waals surface area contributed by atoms with Crippen LogP contribution in [0.3, 0.4) is 0 Å². The third-order valence-corrected chi connectivity index (χ3v) is 9.78. The molecule has 0 radical (unpaired) electrons. The molecule has 1 aliphatic heterocycles. The molecule has 1 saturated heterocycles. The number of benzene rings is 1. The smallest absolute Gasteiger partial charge is 0.329 e. The second kappa shape index (κ2) is 23.1. The van der Waals surface area contributed by atoms with E-state index < -0.39 is 108 Å². The molecule has 0 aliphatic carbocycles. The number of hydrogen-bond acceptors (Lipinski definition) is 10. The van der Waals surface area contributed by atoms with Gasteiger partial charge < -0.3 is 47.9 Å². The van der Waals surface area contributed by atoms with Gasteiger partial charge in [0.25, 0.3) is 0 Å². The molecule has 19 heteroatoms. The lowest BCUT2D eigenvalue weighted by Crippen LogP contribution is -2.62. The number of primary amides is 2. The SMILES string of the molecule is CC[C@H](C)[C@H]1NC(=O)[C@H](CC(N)=O)NC(=O)C(CC(N)=O)NC(=O)[C@H](C(C)C)NC(=O)[C@@H](NC(=O)/C=C/C=C/C=C/C=C/c2cc(Br)c(O)c(Br)c2)C(C)OC1=O. The molecule has 0 aromatic heterocycles. The molecular weight excluding hydrogens is 874 g/mol. The van der Waals surface area contributed by atoms with Crippen LogP contribution in [0.4, 0.5) is 0 Å². The van der Waals surface area contributed by atoms with Gasteiger partial charge in [-0.3, -0.25) is 33.6 Å². The highest BCUT2D eigenvalue weighted by molar-refractivity contribution is 9.11. The lowest BCUT2D eigenvalue weighted by molar-refractivity contribution is -0.157. The van der Waals surface area contributed by atoms with Gasteiger partial charge in [0.15, 0.2) is 0 Å². The van der Waals surface area contributed by atoms with Gasteiger partial charge in [0, 0.05) is 6.08 Å². The van der Waals surface area contributed by atoms with Crippen LogP contribution >= 0.6 is 31.9 Å². The average Bonchev–Trinajstić information content (AvgIpc) is 3.12. The molecule has 7 atom stereocenters.